The molecule has 0 aliphatic heterocycles. The number of esters is 2. The number of imidazole rings is 1. The molecule has 0 saturated heterocycles. The molecule has 94 valence electrons. The quantitative estimate of drug-likeness (QED) is 0.757. The zero-order valence-corrected chi connectivity index (χ0v) is 9.90. The van der Waals surface area contributed by atoms with E-state index >= 15 is 0 Å². The van der Waals surface area contributed by atoms with Gasteiger partial charge in [-0.15, -0.1) is 0 Å². The molecule has 17 heavy (non-hydrogen) atoms. The summed E-state index contributed by atoms with van der Waals surface area (Å²) in [5.74, 6) is -1.02. The van der Waals surface area contributed by atoms with Crippen LogP contribution in [-0.4, -0.2) is 42.7 Å². The van der Waals surface area contributed by atoms with Crippen molar-refractivity contribution in [2.75, 3.05) is 20.8 Å². The van der Waals surface area contributed by atoms with Crippen LogP contribution in [0, 0.1) is 0 Å². The van der Waals surface area contributed by atoms with E-state index in [1.165, 1.54) is 14.2 Å². The third-order valence-corrected chi connectivity index (χ3v) is 1.96. The summed E-state index contributed by atoms with van der Waals surface area (Å²) in [4.78, 5) is 29.4. The van der Waals surface area contributed by atoms with Crippen molar-refractivity contribution in [2.24, 2.45) is 0 Å². The number of methoxy groups -OCH3 is 2. The zero-order chi connectivity index (χ0) is 12.8. The van der Waals surface area contributed by atoms with Crippen molar-refractivity contribution in [1.82, 2.24) is 9.97 Å². The highest BCUT2D eigenvalue weighted by atomic mass is 16.5. The predicted octanol–water partition coefficient (Wildman–Crippen LogP) is 0.519. The summed E-state index contributed by atoms with van der Waals surface area (Å²) in [5, 5.41) is 0. The fraction of sp³-hybridized carbons (Fsp3) is 0.500. The molecule has 0 saturated carbocycles. The molecule has 1 rings (SSSR count). The lowest BCUT2D eigenvalue weighted by Gasteiger charge is -1.98. The van der Waals surface area contributed by atoms with Gasteiger partial charge in [-0.25, -0.2) is 14.6 Å². The number of carbonyl (C=O) groups excluding carboxylic acids is 2. The molecular weight excluding hydrogens is 228 g/mol. The molecule has 0 aliphatic carbocycles. The highest BCUT2D eigenvalue weighted by Gasteiger charge is 2.23. The van der Waals surface area contributed by atoms with Gasteiger partial charge in [0.2, 0.25) is 0 Å². The van der Waals surface area contributed by atoms with Gasteiger partial charge in [0.05, 0.1) is 14.2 Å². The molecule has 0 spiro atoms. The van der Waals surface area contributed by atoms with E-state index in [4.69, 9.17) is 4.74 Å². The minimum atomic E-state index is -0.704. The van der Waals surface area contributed by atoms with Gasteiger partial charge < -0.3 is 19.2 Å². The Morgan fingerprint density at radius 2 is 1.88 bits per heavy atom. The topological polar surface area (TPSA) is 90.5 Å². The van der Waals surface area contributed by atoms with Crippen LogP contribution in [0.25, 0.3) is 0 Å². The molecule has 1 aromatic rings. The second-order valence-electron chi connectivity index (χ2n) is 3.03. The zero-order valence-electron chi connectivity index (χ0n) is 9.90. The van der Waals surface area contributed by atoms with Gasteiger partial charge in [-0.05, 0) is 6.92 Å². The summed E-state index contributed by atoms with van der Waals surface area (Å²) in [7, 11) is 2.42. The molecule has 1 heterocycles. The first-order valence-electron chi connectivity index (χ1n) is 4.97. The number of aromatic amines is 1. The Kier molecular flexibility index (Phi) is 4.65. The molecule has 0 aromatic carbocycles. The van der Waals surface area contributed by atoms with Crippen molar-refractivity contribution in [3.63, 3.8) is 0 Å². The minimum Gasteiger partial charge on any atom is -0.464 e. The number of aromatic nitrogens is 2. The van der Waals surface area contributed by atoms with E-state index in [0.717, 1.165) is 0 Å². The van der Waals surface area contributed by atoms with Crippen LogP contribution in [0.15, 0.2) is 0 Å². The summed E-state index contributed by atoms with van der Waals surface area (Å²) in [6.45, 7) is 2.50. The molecule has 7 nitrogen and oxygen atoms in total. The van der Waals surface area contributed by atoms with Gasteiger partial charge in [0.25, 0.3) is 0 Å². The summed E-state index contributed by atoms with van der Waals surface area (Å²) >= 11 is 0. The Balaban J connectivity index is 3.03. The van der Waals surface area contributed by atoms with Gasteiger partial charge >= 0.3 is 11.9 Å². The van der Waals surface area contributed by atoms with Crippen LogP contribution in [0.5, 0.6) is 0 Å². The van der Waals surface area contributed by atoms with Crippen molar-refractivity contribution in [3.8, 4) is 0 Å². The average Bonchev–Trinajstić information content (AvgIpc) is 2.78. The van der Waals surface area contributed by atoms with E-state index in [0.29, 0.717) is 12.4 Å². The number of H-pyrrole nitrogens is 1. The lowest BCUT2D eigenvalue weighted by Crippen LogP contribution is -2.11. The Hall–Kier alpha value is -1.89. The Morgan fingerprint density at radius 3 is 2.41 bits per heavy atom. The maximum absolute atomic E-state index is 11.4. The standard InChI is InChI=1S/C10H14N2O5/c1-4-17-5-6-11-7(9(13)15-2)8(12-6)10(14)16-3/h4-5H2,1-3H3,(H,11,12). The number of hydrogen-bond acceptors (Lipinski definition) is 6. The number of rotatable bonds is 5. The molecule has 1 N–H and O–H groups in total. The van der Waals surface area contributed by atoms with Crippen molar-refractivity contribution in [1.29, 1.82) is 0 Å². The van der Waals surface area contributed by atoms with Crippen molar-refractivity contribution in [3.05, 3.63) is 17.2 Å². The van der Waals surface area contributed by atoms with Crippen LogP contribution >= 0.6 is 0 Å². The number of carbonyl (C=O) groups is 2. The summed E-state index contributed by atoms with van der Waals surface area (Å²) in [6.07, 6.45) is 0. The molecule has 0 fully saturated rings. The van der Waals surface area contributed by atoms with E-state index in [-0.39, 0.29) is 18.0 Å². The maximum Gasteiger partial charge on any atom is 0.359 e. The minimum absolute atomic E-state index is 0.0333. The largest absolute Gasteiger partial charge is 0.464 e. The molecule has 7 heteroatoms. The van der Waals surface area contributed by atoms with Crippen LogP contribution in [-0.2, 0) is 20.8 Å². The van der Waals surface area contributed by atoms with E-state index in [1.807, 2.05) is 6.92 Å². The Morgan fingerprint density at radius 1 is 1.24 bits per heavy atom. The van der Waals surface area contributed by atoms with Gasteiger partial charge in [0.1, 0.15) is 12.4 Å². The molecule has 1 aromatic heterocycles. The van der Waals surface area contributed by atoms with E-state index in [2.05, 4.69) is 19.4 Å². The second kappa shape index (κ2) is 6.00. The molecular formula is C10H14N2O5. The van der Waals surface area contributed by atoms with Crippen molar-refractivity contribution >= 4 is 11.9 Å². The number of nitrogens with one attached hydrogen (secondary N) is 1. The van der Waals surface area contributed by atoms with E-state index < -0.39 is 11.9 Å². The smallest absolute Gasteiger partial charge is 0.359 e. The van der Waals surface area contributed by atoms with Crippen molar-refractivity contribution in [2.45, 2.75) is 13.5 Å². The van der Waals surface area contributed by atoms with Crippen molar-refractivity contribution < 1.29 is 23.8 Å². The first-order valence-corrected chi connectivity index (χ1v) is 4.97. The lowest BCUT2D eigenvalue weighted by molar-refractivity contribution is 0.0548. The Labute approximate surface area is 98.1 Å². The summed E-state index contributed by atoms with van der Waals surface area (Å²) < 4.78 is 14.2. The number of ether oxygens (including phenoxy) is 3. The third kappa shape index (κ3) is 3.04. The molecule has 0 unspecified atom stereocenters. The molecule has 0 atom stereocenters. The second-order valence-corrected chi connectivity index (χ2v) is 3.03. The lowest BCUT2D eigenvalue weighted by atomic mass is 10.3. The first kappa shape index (κ1) is 13.2. The van der Waals surface area contributed by atoms with Gasteiger partial charge in [0, 0.05) is 6.61 Å². The van der Waals surface area contributed by atoms with E-state index in [1.54, 1.807) is 0 Å². The average molecular weight is 242 g/mol. The van der Waals surface area contributed by atoms with Crippen LogP contribution in [0.1, 0.15) is 33.7 Å². The van der Waals surface area contributed by atoms with Gasteiger partial charge in [-0.2, -0.15) is 0 Å². The highest BCUT2D eigenvalue weighted by Crippen LogP contribution is 2.10. The van der Waals surface area contributed by atoms with Gasteiger partial charge in [-0.1, -0.05) is 0 Å². The van der Waals surface area contributed by atoms with Crippen LogP contribution in [0.3, 0.4) is 0 Å². The highest BCUT2D eigenvalue weighted by molar-refractivity contribution is 6.00. The van der Waals surface area contributed by atoms with Crippen LogP contribution in [0.2, 0.25) is 0 Å². The van der Waals surface area contributed by atoms with Gasteiger partial charge in [0.15, 0.2) is 11.4 Å². The maximum atomic E-state index is 11.4. The molecule has 0 aliphatic rings. The van der Waals surface area contributed by atoms with Crippen LogP contribution < -0.4 is 0 Å². The third-order valence-electron chi connectivity index (χ3n) is 1.96. The molecule has 0 bridgehead atoms. The fourth-order valence-corrected chi connectivity index (χ4v) is 1.18. The molecule has 0 amide bonds. The van der Waals surface area contributed by atoms with E-state index in [9.17, 15) is 9.59 Å². The summed E-state index contributed by atoms with van der Waals surface area (Å²) in [6, 6.07) is 0. The fourth-order valence-electron chi connectivity index (χ4n) is 1.18. The Bertz CT molecular complexity index is 379. The normalized spacial score (nSPS) is 10.1. The monoisotopic (exact) mass is 242 g/mol. The number of hydrogen-bond donors (Lipinski definition) is 1. The predicted molar refractivity (Wildman–Crippen MR) is 56.6 cm³/mol. The first-order chi connectivity index (χ1) is 8.13. The molecule has 0 radical (unpaired) electrons. The number of nitrogens with zero attached hydrogens (tertiary/aromatic N) is 1. The summed E-state index contributed by atoms with van der Waals surface area (Å²) in [5.41, 5.74) is -0.136. The van der Waals surface area contributed by atoms with Gasteiger partial charge in [-0.3, -0.25) is 0 Å². The van der Waals surface area contributed by atoms with Crippen LogP contribution in [0.4, 0.5) is 0 Å². The SMILES string of the molecule is CCOCc1nc(C(=O)OC)c(C(=O)OC)[nH]1.